The summed E-state index contributed by atoms with van der Waals surface area (Å²) < 4.78 is 28.2. The molecule has 0 bridgehead atoms. The van der Waals surface area contributed by atoms with Crippen molar-refractivity contribution in [3.05, 3.63) is 59.7 Å². The van der Waals surface area contributed by atoms with E-state index in [-0.39, 0.29) is 18.8 Å². The van der Waals surface area contributed by atoms with Gasteiger partial charge in [-0.05, 0) is 47.6 Å². The van der Waals surface area contributed by atoms with Gasteiger partial charge in [-0.1, -0.05) is 56.3 Å². The van der Waals surface area contributed by atoms with Crippen molar-refractivity contribution in [2.24, 2.45) is 5.92 Å². The topological polar surface area (TPSA) is 110 Å². The van der Waals surface area contributed by atoms with Crippen LogP contribution in [-0.4, -0.2) is 37.8 Å². The van der Waals surface area contributed by atoms with Crippen molar-refractivity contribution in [2.75, 3.05) is 6.26 Å². The lowest BCUT2D eigenvalue weighted by molar-refractivity contribution is -0.138. The first-order valence-corrected chi connectivity index (χ1v) is 11.8. The van der Waals surface area contributed by atoms with Crippen LogP contribution in [0.5, 0.6) is 0 Å². The van der Waals surface area contributed by atoms with Gasteiger partial charge in [0.05, 0.1) is 18.7 Å². The first-order chi connectivity index (χ1) is 14.5. The van der Waals surface area contributed by atoms with Gasteiger partial charge in [-0.3, -0.25) is 13.8 Å². The van der Waals surface area contributed by atoms with Crippen LogP contribution in [0, 0.1) is 12.8 Å². The Labute approximate surface area is 183 Å². The number of rotatable bonds is 10. The molecule has 0 saturated carbocycles. The van der Waals surface area contributed by atoms with Crippen LogP contribution in [0.2, 0.25) is 0 Å². The number of carbonyl (C=O) groups excluding carboxylic acids is 1. The van der Waals surface area contributed by atoms with Gasteiger partial charge in [-0.15, -0.1) is 0 Å². The number of nitrogens with one attached hydrogen (secondary N) is 1. The lowest BCUT2D eigenvalue weighted by atomic mass is 9.95. The zero-order chi connectivity index (χ0) is 23.2. The average Bonchev–Trinajstić information content (AvgIpc) is 2.65. The molecule has 0 aromatic heterocycles. The number of hydrogen-bond acceptors (Lipinski definition) is 5. The van der Waals surface area contributed by atoms with Crippen molar-refractivity contribution in [1.82, 2.24) is 5.32 Å². The number of amides is 1. The Kier molecular flexibility index (Phi) is 8.36. The van der Waals surface area contributed by atoms with E-state index < -0.39 is 34.1 Å². The minimum atomic E-state index is -3.86. The predicted molar refractivity (Wildman–Crippen MR) is 119 cm³/mol. The van der Waals surface area contributed by atoms with Crippen molar-refractivity contribution in [3.63, 3.8) is 0 Å². The fourth-order valence-corrected chi connectivity index (χ4v) is 3.93. The van der Waals surface area contributed by atoms with Crippen LogP contribution in [0.25, 0.3) is 11.1 Å². The predicted octanol–water partition coefficient (Wildman–Crippen LogP) is 3.68. The molecule has 0 fully saturated rings. The number of carboxylic acids is 1. The smallest absolute Gasteiger partial charge is 0.305 e. The van der Waals surface area contributed by atoms with Gasteiger partial charge in [0.25, 0.3) is 16.0 Å². The average molecular weight is 448 g/mol. The molecular formula is C23H29NO6S. The number of hydrogen-bond donors (Lipinski definition) is 2. The maximum atomic E-state index is 12.8. The molecular weight excluding hydrogens is 418 g/mol. The minimum Gasteiger partial charge on any atom is -0.481 e. The number of aryl methyl sites for hydroxylation is 1. The molecule has 0 aliphatic rings. The van der Waals surface area contributed by atoms with E-state index in [0.29, 0.717) is 5.56 Å². The molecule has 0 saturated heterocycles. The van der Waals surface area contributed by atoms with Gasteiger partial charge in [0.2, 0.25) is 0 Å². The van der Waals surface area contributed by atoms with Crippen LogP contribution < -0.4 is 5.32 Å². The van der Waals surface area contributed by atoms with Crippen LogP contribution in [0.3, 0.4) is 0 Å². The molecule has 7 nitrogen and oxygen atoms in total. The molecule has 31 heavy (non-hydrogen) atoms. The highest BCUT2D eigenvalue weighted by Crippen LogP contribution is 2.27. The van der Waals surface area contributed by atoms with E-state index in [2.05, 4.69) is 5.32 Å². The van der Waals surface area contributed by atoms with Crippen LogP contribution in [-0.2, 0) is 23.9 Å². The maximum Gasteiger partial charge on any atom is 0.305 e. The highest BCUT2D eigenvalue weighted by molar-refractivity contribution is 7.86. The van der Waals surface area contributed by atoms with Crippen molar-refractivity contribution < 1.29 is 27.3 Å². The molecule has 2 atom stereocenters. The monoisotopic (exact) mass is 447 g/mol. The van der Waals surface area contributed by atoms with Crippen molar-refractivity contribution >= 4 is 22.0 Å². The summed E-state index contributed by atoms with van der Waals surface area (Å²) in [5.41, 5.74) is 3.57. The molecule has 1 amide bonds. The second kappa shape index (κ2) is 10.5. The molecule has 0 aliphatic heterocycles. The number of benzene rings is 2. The Morgan fingerprint density at radius 2 is 1.77 bits per heavy atom. The number of carbonyl (C=O) groups is 2. The highest BCUT2D eigenvalue weighted by Gasteiger charge is 2.28. The molecule has 0 spiro atoms. The first-order valence-electron chi connectivity index (χ1n) is 10.0. The SMILES string of the molecule is Cc1ccccc1-c1cccc(C(CC(=O)O)NC(=O)C(CC(C)C)OS(C)(=O)=O)c1. The van der Waals surface area contributed by atoms with Gasteiger partial charge in [0.15, 0.2) is 6.10 Å². The summed E-state index contributed by atoms with van der Waals surface area (Å²) in [6, 6.07) is 14.3. The molecule has 0 heterocycles. The van der Waals surface area contributed by atoms with E-state index in [1.165, 1.54) is 0 Å². The fraction of sp³-hybridized carbons (Fsp3) is 0.391. The summed E-state index contributed by atoms with van der Waals surface area (Å²) in [5.74, 6) is -1.75. The minimum absolute atomic E-state index is 0.000178. The largest absolute Gasteiger partial charge is 0.481 e. The second-order valence-electron chi connectivity index (χ2n) is 8.02. The Morgan fingerprint density at radius 3 is 2.35 bits per heavy atom. The fourth-order valence-electron chi connectivity index (χ4n) is 3.34. The van der Waals surface area contributed by atoms with E-state index in [9.17, 15) is 23.1 Å². The van der Waals surface area contributed by atoms with Gasteiger partial charge in [-0.25, -0.2) is 0 Å². The molecule has 0 radical (unpaired) electrons. The number of carboxylic acid groups (broad SMARTS) is 1. The van der Waals surface area contributed by atoms with E-state index in [1.54, 1.807) is 12.1 Å². The van der Waals surface area contributed by atoms with E-state index in [4.69, 9.17) is 4.18 Å². The van der Waals surface area contributed by atoms with Gasteiger partial charge >= 0.3 is 5.97 Å². The molecule has 2 unspecified atom stereocenters. The molecule has 8 heteroatoms. The third-order valence-electron chi connectivity index (χ3n) is 4.71. The lowest BCUT2D eigenvalue weighted by Crippen LogP contribution is -2.41. The van der Waals surface area contributed by atoms with Crippen molar-refractivity contribution in [2.45, 2.75) is 45.8 Å². The summed E-state index contributed by atoms with van der Waals surface area (Å²) in [6.45, 7) is 5.66. The van der Waals surface area contributed by atoms with Crippen LogP contribution >= 0.6 is 0 Å². The Morgan fingerprint density at radius 1 is 1.10 bits per heavy atom. The first kappa shape index (κ1) is 24.6. The van der Waals surface area contributed by atoms with Gasteiger partial charge in [0, 0.05) is 0 Å². The zero-order valence-corrected chi connectivity index (χ0v) is 19.0. The van der Waals surface area contributed by atoms with Crippen molar-refractivity contribution in [1.29, 1.82) is 0 Å². The number of aliphatic carboxylic acids is 1. The highest BCUT2D eigenvalue weighted by atomic mass is 32.2. The third kappa shape index (κ3) is 7.80. The van der Waals surface area contributed by atoms with Gasteiger partial charge < -0.3 is 10.4 Å². The molecule has 2 aromatic carbocycles. The summed E-state index contributed by atoms with van der Waals surface area (Å²) in [7, 11) is -3.86. The molecule has 168 valence electrons. The van der Waals surface area contributed by atoms with Crippen molar-refractivity contribution in [3.8, 4) is 11.1 Å². The molecule has 2 N–H and O–H groups in total. The molecule has 0 aliphatic carbocycles. The molecule has 2 aromatic rings. The van der Waals surface area contributed by atoms with E-state index >= 15 is 0 Å². The van der Waals surface area contributed by atoms with E-state index in [0.717, 1.165) is 22.9 Å². The quantitative estimate of drug-likeness (QED) is 0.538. The third-order valence-corrected chi connectivity index (χ3v) is 5.29. The second-order valence-corrected chi connectivity index (χ2v) is 9.62. The van der Waals surface area contributed by atoms with Crippen LogP contribution in [0.1, 0.15) is 43.9 Å². The summed E-state index contributed by atoms with van der Waals surface area (Å²) >= 11 is 0. The Hall–Kier alpha value is -2.71. The van der Waals surface area contributed by atoms with Gasteiger partial charge in [0.1, 0.15) is 0 Å². The molecule has 2 rings (SSSR count). The summed E-state index contributed by atoms with van der Waals surface area (Å²) in [4.78, 5) is 24.3. The Balaban J connectivity index is 2.35. The maximum absolute atomic E-state index is 12.8. The Bertz CT molecular complexity index is 1030. The van der Waals surface area contributed by atoms with Gasteiger partial charge in [-0.2, -0.15) is 8.42 Å². The lowest BCUT2D eigenvalue weighted by Gasteiger charge is -2.23. The normalized spacial score (nSPS) is 13.6. The standard InChI is InChI=1S/C23H29NO6S/c1-15(2)12-21(30-31(4,28)29)23(27)24-20(14-22(25)26)18-10-7-9-17(13-18)19-11-6-5-8-16(19)3/h5-11,13,15,20-21H,12,14H2,1-4H3,(H,24,27)(H,25,26). The van der Waals surface area contributed by atoms with E-state index in [1.807, 2.05) is 57.2 Å². The zero-order valence-electron chi connectivity index (χ0n) is 18.2. The summed E-state index contributed by atoms with van der Waals surface area (Å²) in [5, 5.41) is 12.1. The van der Waals surface area contributed by atoms with Crippen LogP contribution in [0.15, 0.2) is 48.5 Å². The van der Waals surface area contributed by atoms with Crippen LogP contribution in [0.4, 0.5) is 0 Å². The summed E-state index contributed by atoms with van der Waals surface area (Å²) in [6.07, 6.45) is -0.516.